The van der Waals surface area contributed by atoms with Crippen LogP contribution in [0.3, 0.4) is 0 Å². The van der Waals surface area contributed by atoms with E-state index in [4.69, 9.17) is 4.74 Å². The molecule has 0 aliphatic rings. The van der Waals surface area contributed by atoms with Gasteiger partial charge in [-0.2, -0.15) is 5.10 Å². The zero-order valence-electron chi connectivity index (χ0n) is 10.6. The molecule has 1 rings (SSSR count). The fourth-order valence-electron chi connectivity index (χ4n) is 1.56. The molecule has 1 aromatic heterocycles. The molecule has 0 saturated heterocycles. The van der Waals surface area contributed by atoms with E-state index in [0.29, 0.717) is 6.04 Å². The standard InChI is InChI=1S/C11H22N4O/c1-5-16-10(4)6-12-7-11-13-8-14-15(11)9(2)3/h8-10,12H,5-7H2,1-4H3. The molecular formula is C11H22N4O. The Labute approximate surface area is 97.2 Å². The lowest BCUT2D eigenvalue weighted by Gasteiger charge is -2.13. The number of rotatable bonds is 7. The Balaban J connectivity index is 2.34. The minimum Gasteiger partial charge on any atom is -0.377 e. The molecule has 0 aliphatic carbocycles. The lowest BCUT2D eigenvalue weighted by molar-refractivity contribution is 0.0757. The van der Waals surface area contributed by atoms with Gasteiger partial charge in [0.15, 0.2) is 0 Å². The predicted octanol–water partition coefficient (Wildman–Crippen LogP) is 1.37. The number of aromatic nitrogens is 3. The Hall–Kier alpha value is -0.940. The second-order valence-electron chi connectivity index (χ2n) is 4.11. The van der Waals surface area contributed by atoms with Crippen LogP contribution in [-0.2, 0) is 11.3 Å². The minimum absolute atomic E-state index is 0.237. The number of ether oxygens (including phenoxy) is 1. The molecule has 1 aromatic rings. The van der Waals surface area contributed by atoms with Crippen LogP contribution in [0.2, 0.25) is 0 Å². The van der Waals surface area contributed by atoms with Crippen LogP contribution in [0.1, 0.15) is 39.6 Å². The average Bonchev–Trinajstić information content (AvgIpc) is 2.66. The molecule has 0 aliphatic heterocycles. The molecule has 1 unspecified atom stereocenters. The summed E-state index contributed by atoms with van der Waals surface area (Å²) in [5.74, 6) is 0.971. The van der Waals surface area contributed by atoms with E-state index in [1.165, 1.54) is 0 Å². The summed E-state index contributed by atoms with van der Waals surface area (Å²) in [5, 5.41) is 7.50. The van der Waals surface area contributed by atoms with Crippen molar-refractivity contribution in [3.63, 3.8) is 0 Å². The molecule has 5 nitrogen and oxygen atoms in total. The van der Waals surface area contributed by atoms with Crippen molar-refractivity contribution >= 4 is 0 Å². The van der Waals surface area contributed by atoms with Crippen LogP contribution in [0, 0.1) is 0 Å². The van der Waals surface area contributed by atoms with E-state index in [0.717, 1.165) is 25.5 Å². The topological polar surface area (TPSA) is 52.0 Å². The fraction of sp³-hybridized carbons (Fsp3) is 0.818. The van der Waals surface area contributed by atoms with Gasteiger partial charge in [-0.1, -0.05) is 0 Å². The average molecular weight is 226 g/mol. The van der Waals surface area contributed by atoms with Crippen molar-refractivity contribution in [3.8, 4) is 0 Å². The van der Waals surface area contributed by atoms with Gasteiger partial charge in [-0.25, -0.2) is 9.67 Å². The van der Waals surface area contributed by atoms with Crippen LogP contribution < -0.4 is 5.32 Å². The Morgan fingerprint density at radius 3 is 2.81 bits per heavy atom. The van der Waals surface area contributed by atoms with Crippen molar-refractivity contribution in [1.29, 1.82) is 0 Å². The highest BCUT2D eigenvalue weighted by Crippen LogP contribution is 2.04. The normalized spacial score (nSPS) is 13.3. The summed E-state index contributed by atoms with van der Waals surface area (Å²) in [6, 6.07) is 0.351. The van der Waals surface area contributed by atoms with Crippen LogP contribution >= 0.6 is 0 Å². The van der Waals surface area contributed by atoms with Crippen molar-refractivity contribution in [2.45, 2.75) is 46.4 Å². The molecule has 0 amide bonds. The molecule has 1 N–H and O–H groups in total. The Bertz CT molecular complexity index is 298. The summed E-state index contributed by atoms with van der Waals surface area (Å²) < 4.78 is 7.36. The van der Waals surface area contributed by atoms with E-state index in [1.54, 1.807) is 6.33 Å². The Kier molecular flexibility index (Phi) is 5.42. The first-order chi connectivity index (χ1) is 7.65. The zero-order valence-corrected chi connectivity index (χ0v) is 10.6. The quantitative estimate of drug-likeness (QED) is 0.763. The van der Waals surface area contributed by atoms with E-state index >= 15 is 0 Å². The van der Waals surface area contributed by atoms with Gasteiger partial charge in [-0.15, -0.1) is 0 Å². The van der Waals surface area contributed by atoms with Crippen LogP contribution in [0.25, 0.3) is 0 Å². The van der Waals surface area contributed by atoms with Gasteiger partial charge in [0.2, 0.25) is 0 Å². The third-order valence-corrected chi connectivity index (χ3v) is 2.30. The fourth-order valence-corrected chi connectivity index (χ4v) is 1.56. The molecule has 0 radical (unpaired) electrons. The molecule has 0 saturated carbocycles. The van der Waals surface area contributed by atoms with Gasteiger partial charge in [0.1, 0.15) is 12.2 Å². The molecule has 0 fully saturated rings. The summed E-state index contributed by atoms with van der Waals surface area (Å²) >= 11 is 0. The number of hydrogen-bond acceptors (Lipinski definition) is 4. The summed E-state index contributed by atoms with van der Waals surface area (Å²) in [4.78, 5) is 4.23. The summed E-state index contributed by atoms with van der Waals surface area (Å²) in [7, 11) is 0. The Morgan fingerprint density at radius 2 is 2.19 bits per heavy atom. The molecule has 0 bridgehead atoms. The van der Waals surface area contributed by atoms with Crippen LogP contribution in [0.15, 0.2) is 6.33 Å². The zero-order chi connectivity index (χ0) is 12.0. The van der Waals surface area contributed by atoms with Crippen molar-refractivity contribution in [2.75, 3.05) is 13.2 Å². The van der Waals surface area contributed by atoms with Gasteiger partial charge >= 0.3 is 0 Å². The first-order valence-corrected chi connectivity index (χ1v) is 5.85. The van der Waals surface area contributed by atoms with Crippen LogP contribution in [0.4, 0.5) is 0 Å². The first kappa shape index (κ1) is 13.1. The lowest BCUT2D eigenvalue weighted by atomic mass is 10.3. The molecule has 0 spiro atoms. The van der Waals surface area contributed by atoms with Gasteiger partial charge < -0.3 is 10.1 Å². The second-order valence-corrected chi connectivity index (χ2v) is 4.11. The van der Waals surface area contributed by atoms with Crippen molar-refractivity contribution in [3.05, 3.63) is 12.2 Å². The van der Waals surface area contributed by atoms with Crippen molar-refractivity contribution in [1.82, 2.24) is 20.1 Å². The van der Waals surface area contributed by atoms with Crippen molar-refractivity contribution < 1.29 is 4.74 Å². The SMILES string of the molecule is CCOC(C)CNCc1ncnn1C(C)C. The maximum atomic E-state index is 5.43. The summed E-state index contributed by atoms with van der Waals surface area (Å²) in [6.07, 6.45) is 1.84. The van der Waals surface area contributed by atoms with Crippen LogP contribution in [-0.4, -0.2) is 34.0 Å². The van der Waals surface area contributed by atoms with Gasteiger partial charge in [-0.05, 0) is 27.7 Å². The summed E-state index contributed by atoms with van der Waals surface area (Å²) in [6.45, 7) is 10.6. The van der Waals surface area contributed by atoms with E-state index in [-0.39, 0.29) is 6.10 Å². The van der Waals surface area contributed by atoms with E-state index in [2.05, 4.69) is 36.2 Å². The monoisotopic (exact) mass is 226 g/mol. The van der Waals surface area contributed by atoms with Crippen LogP contribution in [0.5, 0.6) is 0 Å². The van der Waals surface area contributed by atoms with Gasteiger partial charge in [-0.3, -0.25) is 0 Å². The molecule has 1 heterocycles. The van der Waals surface area contributed by atoms with Gasteiger partial charge in [0.05, 0.1) is 12.6 Å². The molecule has 5 heteroatoms. The largest absolute Gasteiger partial charge is 0.377 e. The molecule has 92 valence electrons. The first-order valence-electron chi connectivity index (χ1n) is 5.85. The molecular weight excluding hydrogens is 204 g/mol. The minimum atomic E-state index is 0.237. The van der Waals surface area contributed by atoms with E-state index in [1.807, 2.05) is 11.6 Å². The highest BCUT2D eigenvalue weighted by atomic mass is 16.5. The number of hydrogen-bond donors (Lipinski definition) is 1. The predicted molar refractivity (Wildman–Crippen MR) is 63.2 cm³/mol. The molecule has 0 aromatic carbocycles. The number of nitrogens with zero attached hydrogens (tertiary/aromatic N) is 3. The third kappa shape index (κ3) is 3.90. The number of nitrogens with one attached hydrogen (secondary N) is 1. The third-order valence-electron chi connectivity index (χ3n) is 2.30. The maximum Gasteiger partial charge on any atom is 0.141 e. The highest BCUT2D eigenvalue weighted by Gasteiger charge is 2.07. The molecule has 16 heavy (non-hydrogen) atoms. The van der Waals surface area contributed by atoms with Crippen molar-refractivity contribution in [2.24, 2.45) is 0 Å². The second kappa shape index (κ2) is 6.60. The molecule has 1 atom stereocenters. The summed E-state index contributed by atoms with van der Waals surface area (Å²) in [5.41, 5.74) is 0. The van der Waals surface area contributed by atoms with Gasteiger partial charge in [0, 0.05) is 19.2 Å². The van der Waals surface area contributed by atoms with E-state index in [9.17, 15) is 0 Å². The smallest absolute Gasteiger partial charge is 0.141 e. The lowest BCUT2D eigenvalue weighted by Crippen LogP contribution is -2.28. The maximum absolute atomic E-state index is 5.43. The van der Waals surface area contributed by atoms with E-state index < -0.39 is 0 Å². The van der Waals surface area contributed by atoms with Gasteiger partial charge in [0.25, 0.3) is 0 Å². The Morgan fingerprint density at radius 1 is 1.44 bits per heavy atom. The highest BCUT2D eigenvalue weighted by molar-refractivity contribution is 4.85.